The molecule has 7 heteroatoms. The van der Waals surface area contributed by atoms with E-state index in [9.17, 15) is 14.2 Å². The average Bonchev–Trinajstić information content (AvgIpc) is 2.11. The lowest BCUT2D eigenvalue weighted by molar-refractivity contribution is -0.126. The number of carbonyl (C=O) groups is 2. The summed E-state index contributed by atoms with van der Waals surface area (Å²) in [6.45, 7) is 3.07. The van der Waals surface area contributed by atoms with Gasteiger partial charge in [-0.3, -0.25) is 9.36 Å². The molecule has 0 aliphatic carbocycles. The van der Waals surface area contributed by atoms with E-state index in [1.165, 1.54) is 13.8 Å². The van der Waals surface area contributed by atoms with Crippen LogP contribution in [0.1, 0.15) is 13.8 Å². The number of carbonyl (C=O) groups excluding carboxylic acids is 2. The third kappa shape index (κ3) is 5.54. The van der Waals surface area contributed by atoms with Gasteiger partial charge in [0.05, 0.1) is 12.0 Å². The summed E-state index contributed by atoms with van der Waals surface area (Å²) in [6, 6.07) is 0. The van der Waals surface area contributed by atoms with Crippen molar-refractivity contribution < 1.29 is 23.6 Å². The summed E-state index contributed by atoms with van der Waals surface area (Å²) in [7, 11) is -2.92. The zero-order chi connectivity index (χ0) is 11.2. The van der Waals surface area contributed by atoms with Gasteiger partial charge in [-0.05, 0) is 13.8 Å². The quantitative estimate of drug-likeness (QED) is 0.321. The van der Waals surface area contributed by atoms with E-state index in [0.717, 1.165) is 11.8 Å². The molecule has 0 amide bonds. The molecule has 0 aromatic carbocycles. The molecule has 0 aromatic rings. The highest BCUT2D eigenvalue weighted by Gasteiger charge is 2.26. The standard InChI is InChI=1S/C7H13O5PS/c1-7(2,5-8)6(9)14-4-3-12-13(10)11/h5,13H,3-4H2,1-2H3,(H,10,11). The molecule has 0 rings (SSSR count). The monoisotopic (exact) mass is 240 g/mol. The summed E-state index contributed by atoms with van der Waals surface area (Å²) >= 11 is 0.921. The molecule has 0 radical (unpaired) electrons. The van der Waals surface area contributed by atoms with Crippen molar-refractivity contribution in [3.8, 4) is 0 Å². The van der Waals surface area contributed by atoms with Gasteiger partial charge in [0, 0.05) is 5.75 Å². The van der Waals surface area contributed by atoms with Gasteiger partial charge in [0.25, 0.3) is 0 Å². The first-order chi connectivity index (χ1) is 6.40. The molecule has 1 N–H and O–H groups in total. The highest BCUT2D eigenvalue weighted by Crippen LogP contribution is 2.22. The van der Waals surface area contributed by atoms with Crippen LogP contribution >= 0.6 is 20.0 Å². The Hall–Kier alpha value is -0.160. The molecule has 0 aliphatic heterocycles. The lowest BCUT2D eigenvalue weighted by Gasteiger charge is -2.13. The molecule has 82 valence electrons. The first-order valence-electron chi connectivity index (χ1n) is 3.89. The SMILES string of the molecule is CC(C)(C=O)C(=O)SCCO[PH](=O)O. The van der Waals surface area contributed by atoms with E-state index in [2.05, 4.69) is 4.52 Å². The molecule has 0 spiro atoms. The molecular formula is C7H13O5PS. The van der Waals surface area contributed by atoms with Crippen molar-refractivity contribution in [3.63, 3.8) is 0 Å². The molecule has 5 nitrogen and oxygen atoms in total. The zero-order valence-electron chi connectivity index (χ0n) is 7.98. The number of hydrogen-bond donors (Lipinski definition) is 1. The van der Waals surface area contributed by atoms with E-state index in [-0.39, 0.29) is 17.5 Å². The van der Waals surface area contributed by atoms with Crippen LogP contribution in [-0.2, 0) is 18.7 Å². The molecule has 0 heterocycles. The normalized spacial score (nSPS) is 13.6. The first kappa shape index (κ1) is 13.8. The van der Waals surface area contributed by atoms with Crippen molar-refractivity contribution in [1.29, 1.82) is 0 Å². The van der Waals surface area contributed by atoms with Crippen molar-refractivity contribution in [1.82, 2.24) is 0 Å². The maximum atomic E-state index is 11.3. The predicted octanol–water partition coefficient (Wildman–Crippen LogP) is 0.870. The van der Waals surface area contributed by atoms with Gasteiger partial charge in [0.15, 0.2) is 0 Å². The Balaban J connectivity index is 3.75. The molecule has 0 saturated heterocycles. The minimum Gasteiger partial charge on any atom is -0.326 e. The molecule has 0 bridgehead atoms. The number of rotatable bonds is 6. The molecule has 0 aromatic heterocycles. The van der Waals surface area contributed by atoms with Gasteiger partial charge >= 0.3 is 8.25 Å². The van der Waals surface area contributed by atoms with Gasteiger partial charge in [-0.25, -0.2) is 0 Å². The Labute approximate surface area is 87.2 Å². The maximum absolute atomic E-state index is 11.3. The fourth-order valence-electron chi connectivity index (χ4n) is 0.497. The molecular weight excluding hydrogens is 227 g/mol. The summed E-state index contributed by atoms with van der Waals surface area (Å²) < 4.78 is 14.5. The Kier molecular flexibility index (Phi) is 6.27. The largest absolute Gasteiger partial charge is 0.326 e. The Bertz CT molecular complexity index is 240. The van der Waals surface area contributed by atoms with Gasteiger partial charge in [0.2, 0.25) is 5.12 Å². The third-order valence-electron chi connectivity index (χ3n) is 1.36. The van der Waals surface area contributed by atoms with Crippen LogP contribution in [0, 0.1) is 5.41 Å². The van der Waals surface area contributed by atoms with E-state index in [1.807, 2.05) is 0 Å². The van der Waals surface area contributed by atoms with E-state index >= 15 is 0 Å². The van der Waals surface area contributed by atoms with E-state index < -0.39 is 13.7 Å². The first-order valence-corrected chi connectivity index (χ1v) is 6.14. The predicted molar refractivity (Wildman–Crippen MR) is 54.5 cm³/mol. The number of aldehydes is 1. The maximum Gasteiger partial charge on any atom is 0.316 e. The van der Waals surface area contributed by atoms with Crippen molar-refractivity contribution in [2.75, 3.05) is 12.4 Å². The number of thioether (sulfide) groups is 1. The van der Waals surface area contributed by atoms with E-state index in [4.69, 9.17) is 4.89 Å². The minimum atomic E-state index is -2.92. The van der Waals surface area contributed by atoms with Crippen molar-refractivity contribution >= 4 is 31.4 Å². The summed E-state index contributed by atoms with van der Waals surface area (Å²) in [5.74, 6) is 0.271. The van der Waals surface area contributed by atoms with Crippen LogP contribution in [0.2, 0.25) is 0 Å². The summed E-state index contributed by atoms with van der Waals surface area (Å²) in [6.07, 6.45) is 0.581. The molecule has 0 saturated carbocycles. The molecule has 1 unspecified atom stereocenters. The molecule has 1 atom stereocenters. The third-order valence-corrected chi connectivity index (χ3v) is 2.97. The average molecular weight is 240 g/mol. The molecule has 0 aliphatic rings. The van der Waals surface area contributed by atoms with Crippen LogP contribution in [0.15, 0.2) is 0 Å². The fraction of sp³-hybridized carbons (Fsp3) is 0.714. The fourth-order valence-corrected chi connectivity index (χ4v) is 1.69. The highest BCUT2D eigenvalue weighted by atomic mass is 32.2. The topological polar surface area (TPSA) is 80.7 Å². The van der Waals surface area contributed by atoms with Crippen molar-refractivity contribution in [2.45, 2.75) is 13.8 Å². The molecule has 0 fully saturated rings. The lowest BCUT2D eigenvalue weighted by atomic mass is 9.98. The van der Waals surface area contributed by atoms with Crippen LogP contribution in [-0.4, -0.2) is 28.7 Å². The van der Waals surface area contributed by atoms with Gasteiger partial charge in [-0.1, -0.05) is 11.8 Å². The summed E-state index contributed by atoms with van der Waals surface area (Å²) in [4.78, 5) is 30.0. The van der Waals surface area contributed by atoms with Crippen LogP contribution in [0.5, 0.6) is 0 Å². The van der Waals surface area contributed by atoms with Crippen molar-refractivity contribution in [3.05, 3.63) is 0 Å². The second-order valence-corrected chi connectivity index (χ2v) is 4.98. The van der Waals surface area contributed by atoms with Gasteiger partial charge in [-0.15, -0.1) is 0 Å². The Morgan fingerprint density at radius 3 is 2.64 bits per heavy atom. The minimum absolute atomic E-state index is 0.0274. The molecule has 14 heavy (non-hydrogen) atoms. The van der Waals surface area contributed by atoms with Crippen molar-refractivity contribution in [2.24, 2.45) is 5.41 Å². The number of hydrogen-bond acceptors (Lipinski definition) is 5. The van der Waals surface area contributed by atoms with Gasteiger partial charge in [0.1, 0.15) is 6.29 Å². The highest BCUT2D eigenvalue weighted by molar-refractivity contribution is 8.13. The summed E-state index contributed by atoms with van der Waals surface area (Å²) in [5.41, 5.74) is -1.00. The second-order valence-electron chi connectivity index (χ2n) is 3.09. The smallest absolute Gasteiger partial charge is 0.316 e. The van der Waals surface area contributed by atoms with Crippen LogP contribution < -0.4 is 0 Å². The lowest BCUT2D eigenvalue weighted by Crippen LogP contribution is -2.23. The van der Waals surface area contributed by atoms with E-state index in [1.54, 1.807) is 0 Å². The van der Waals surface area contributed by atoms with Gasteiger partial charge < -0.3 is 14.2 Å². The van der Waals surface area contributed by atoms with Crippen LogP contribution in [0.25, 0.3) is 0 Å². The zero-order valence-corrected chi connectivity index (χ0v) is 9.80. The Morgan fingerprint density at radius 2 is 2.21 bits per heavy atom. The summed E-state index contributed by atoms with van der Waals surface area (Å²) in [5, 5.41) is -0.270. The van der Waals surface area contributed by atoms with Crippen LogP contribution in [0.4, 0.5) is 0 Å². The second kappa shape index (κ2) is 6.35. The van der Waals surface area contributed by atoms with Crippen LogP contribution in [0.3, 0.4) is 0 Å². The van der Waals surface area contributed by atoms with Gasteiger partial charge in [-0.2, -0.15) is 0 Å². The Morgan fingerprint density at radius 1 is 1.64 bits per heavy atom. The van der Waals surface area contributed by atoms with E-state index in [0.29, 0.717) is 6.29 Å².